The molecule has 0 fully saturated rings. The van der Waals surface area contributed by atoms with E-state index in [4.69, 9.17) is 16.3 Å². The van der Waals surface area contributed by atoms with Gasteiger partial charge in [-0.15, -0.1) is 0 Å². The molecule has 33 heavy (non-hydrogen) atoms. The Morgan fingerprint density at radius 1 is 1.00 bits per heavy atom. The number of esters is 1. The van der Waals surface area contributed by atoms with Crippen molar-refractivity contribution in [3.05, 3.63) is 76.3 Å². The van der Waals surface area contributed by atoms with Gasteiger partial charge in [-0.2, -0.15) is 0 Å². The standard InChI is InChI=1S/C26H30ClNO4S/c1-17(2)19-7-13-23-20(15-25(26(29)32-4)24(23)14-8-19)6-5-18(3)16-28-33(30,31)22-11-9-21(27)10-12-22/h7-15,17-18,28H,5-6,16H2,1-4H3/t18-/m0/s1. The Balaban J connectivity index is 1.73. The zero-order valence-corrected chi connectivity index (χ0v) is 21.0. The van der Waals surface area contributed by atoms with Gasteiger partial charge >= 0.3 is 5.97 Å². The quantitative estimate of drug-likeness (QED) is 0.381. The van der Waals surface area contributed by atoms with Gasteiger partial charge in [0.25, 0.3) is 0 Å². The number of halogens is 1. The number of rotatable bonds is 9. The first-order valence-electron chi connectivity index (χ1n) is 11.0. The Bertz CT molecular complexity index is 1190. The van der Waals surface area contributed by atoms with Crippen LogP contribution in [0.1, 0.15) is 54.6 Å². The number of methoxy groups -OCH3 is 1. The summed E-state index contributed by atoms with van der Waals surface area (Å²) < 4.78 is 32.7. The molecule has 1 aromatic rings. The second-order valence-electron chi connectivity index (χ2n) is 8.67. The van der Waals surface area contributed by atoms with Gasteiger partial charge in [0, 0.05) is 11.6 Å². The normalized spacial score (nSPS) is 12.8. The van der Waals surface area contributed by atoms with Gasteiger partial charge in [-0.05, 0) is 77.3 Å². The van der Waals surface area contributed by atoms with Crippen LogP contribution in [-0.2, 0) is 21.2 Å². The first kappa shape index (κ1) is 25.2. The van der Waals surface area contributed by atoms with E-state index in [1.807, 2.05) is 19.1 Å². The number of carbonyl (C=O) groups is 1. The van der Waals surface area contributed by atoms with Gasteiger partial charge in [0.2, 0.25) is 10.0 Å². The molecular weight excluding hydrogens is 458 g/mol. The molecule has 7 heteroatoms. The SMILES string of the molecule is COC(=O)c1cc(CC[C@H](C)CNS(=O)(=O)c2ccc(Cl)cc2)c2ccc(C(C)C)ccc1-2. The molecule has 0 saturated heterocycles. The van der Waals surface area contributed by atoms with E-state index in [9.17, 15) is 13.2 Å². The van der Waals surface area contributed by atoms with Crippen LogP contribution in [0.5, 0.6) is 0 Å². The van der Waals surface area contributed by atoms with Crippen molar-refractivity contribution in [2.24, 2.45) is 5.92 Å². The lowest BCUT2D eigenvalue weighted by molar-refractivity contribution is 0.0602. The second-order valence-corrected chi connectivity index (χ2v) is 10.9. The fourth-order valence-corrected chi connectivity index (χ4v) is 5.05. The molecule has 0 aromatic heterocycles. The first-order valence-corrected chi connectivity index (χ1v) is 12.9. The van der Waals surface area contributed by atoms with Crippen LogP contribution < -0.4 is 4.72 Å². The third kappa shape index (κ3) is 6.14. The van der Waals surface area contributed by atoms with Crippen LogP contribution in [-0.4, -0.2) is 28.0 Å². The first-order chi connectivity index (χ1) is 15.6. The minimum Gasteiger partial charge on any atom is -0.465 e. The van der Waals surface area contributed by atoms with E-state index in [0.29, 0.717) is 23.0 Å². The van der Waals surface area contributed by atoms with Gasteiger partial charge in [-0.1, -0.05) is 56.6 Å². The topological polar surface area (TPSA) is 72.5 Å². The molecule has 1 atom stereocenters. The summed E-state index contributed by atoms with van der Waals surface area (Å²) in [4.78, 5) is 12.6. The van der Waals surface area contributed by atoms with E-state index in [0.717, 1.165) is 29.5 Å². The molecule has 3 rings (SSSR count). The lowest BCUT2D eigenvalue weighted by Crippen LogP contribution is -2.28. The maximum absolute atomic E-state index is 12.5. The summed E-state index contributed by atoms with van der Waals surface area (Å²) >= 11 is 5.85. The molecule has 2 aliphatic rings. The number of nitrogens with one attached hydrogen (secondary N) is 1. The van der Waals surface area contributed by atoms with E-state index in [2.05, 4.69) is 36.8 Å². The summed E-state index contributed by atoms with van der Waals surface area (Å²) in [7, 11) is -2.20. The van der Waals surface area contributed by atoms with E-state index >= 15 is 0 Å². The highest BCUT2D eigenvalue weighted by Crippen LogP contribution is 2.34. The summed E-state index contributed by atoms with van der Waals surface area (Å²) in [5.74, 6) is 0.120. The molecule has 5 nitrogen and oxygen atoms in total. The van der Waals surface area contributed by atoms with Crippen molar-refractivity contribution in [1.29, 1.82) is 0 Å². The molecule has 0 unspecified atom stereocenters. The molecule has 0 radical (unpaired) electrons. The molecular formula is C26H30ClNO4S. The van der Waals surface area contributed by atoms with Gasteiger partial charge in [0.15, 0.2) is 0 Å². The monoisotopic (exact) mass is 487 g/mol. The molecule has 0 saturated carbocycles. The minimum atomic E-state index is -3.59. The Hall–Kier alpha value is -2.41. The maximum Gasteiger partial charge on any atom is 0.338 e. The summed E-state index contributed by atoms with van der Waals surface area (Å²) in [6.45, 7) is 6.59. The van der Waals surface area contributed by atoms with Crippen LogP contribution in [0, 0.1) is 5.92 Å². The molecule has 0 amide bonds. The molecule has 0 heterocycles. The smallest absolute Gasteiger partial charge is 0.338 e. The lowest BCUT2D eigenvalue weighted by atomic mass is 9.99. The molecule has 2 aliphatic carbocycles. The fourth-order valence-electron chi connectivity index (χ4n) is 3.76. The third-order valence-electron chi connectivity index (χ3n) is 5.85. The Kier molecular flexibility index (Phi) is 8.16. The van der Waals surface area contributed by atoms with E-state index < -0.39 is 10.0 Å². The van der Waals surface area contributed by atoms with Gasteiger partial charge < -0.3 is 4.74 Å². The van der Waals surface area contributed by atoms with Gasteiger partial charge in [-0.25, -0.2) is 17.9 Å². The van der Waals surface area contributed by atoms with E-state index in [1.54, 1.807) is 12.1 Å². The summed E-state index contributed by atoms with van der Waals surface area (Å²) in [5, 5.41) is 0.490. The van der Waals surface area contributed by atoms with Crippen molar-refractivity contribution in [3.8, 4) is 11.1 Å². The molecule has 1 N–H and O–H groups in total. The summed E-state index contributed by atoms with van der Waals surface area (Å²) in [6, 6.07) is 16.2. The van der Waals surface area contributed by atoms with Crippen molar-refractivity contribution in [2.75, 3.05) is 13.7 Å². The van der Waals surface area contributed by atoms with Crippen LogP contribution in [0.3, 0.4) is 0 Å². The average molecular weight is 488 g/mol. The number of hydrogen-bond donors (Lipinski definition) is 1. The van der Waals surface area contributed by atoms with Crippen molar-refractivity contribution in [3.63, 3.8) is 0 Å². The summed E-state index contributed by atoms with van der Waals surface area (Å²) in [5.41, 5.74) is 4.71. The lowest BCUT2D eigenvalue weighted by Gasteiger charge is -2.13. The third-order valence-corrected chi connectivity index (χ3v) is 7.55. The fraction of sp³-hybridized carbons (Fsp3) is 0.346. The molecule has 1 aromatic carbocycles. The minimum absolute atomic E-state index is 0.0993. The van der Waals surface area contributed by atoms with E-state index in [1.165, 1.54) is 24.8 Å². The van der Waals surface area contributed by atoms with Crippen LogP contribution in [0.15, 0.2) is 59.5 Å². The summed E-state index contributed by atoms with van der Waals surface area (Å²) in [6.07, 6.45) is 1.48. The highest BCUT2D eigenvalue weighted by Gasteiger charge is 2.21. The predicted octanol–water partition coefficient (Wildman–Crippen LogP) is 5.90. The van der Waals surface area contributed by atoms with Crippen LogP contribution in [0.4, 0.5) is 0 Å². The number of aryl methyl sites for hydroxylation is 1. The molecule has 0 aliphatic heterocycles. The van der Waals surface area contributed by atoms with Gasteiger partial charge in [0.05, 0.1) is 17.6 Å². The zero-order valence-electron chi connectivity index (χ0n) is 19.4. The largest absolute Gasteiger partial charge is 0.465 e. The molecule has 0 spiro atoms. The van der Waals surface area contributed by atoms with Gasteiger partial charge in [0.1, 0.15) is 0 Å². The Labute approximate surface area is 201 Å². The zero-order chi connectivity index (χ0) is 24.2. The van der Waals surface area contributed by atoms with Crippen molar-refractivity contribution < 1.29 is 17.9 Å². The second kappa shape index (κ2) is 10.7. The number of ether oxygens (including phenoxy) is 1. The Morgan fingerprint density at radius 2 is 1.64 bits per heavy atom. The number of sulfonamides is 1. The van der Waals surface area contributed by atoms with Crippen LogP contribution in [0.2, 0.25) is 5.02 Å². The van der Waals surface area contributed by atoms with Gasteiger partial charge in [-0.3, -0.25) is 0 Å². The number of benzene rings is 1. The number of fused-ring (bicyclic) bond motifs is 1. The van der Waals surface area contributed by atoms with E-state index in [-0.39, 0.29) is 16.8 Å². The number of carbonyl (C=O) groups excluding carboxylic acids is 1. The predicted molar refractivity (Wildman–Crippen MR) is 133 cm³/mol. The highest BCUT2D eigenvalue weighted by molar-refractivity contribution is 7.89. The maximum atomic E-state index is 12.5. The van der Waals surface area contributed by atoms with Crippen LogP contribution in [0.25, 0.3) is 11.1 Å². The van der Waals surface area contributed by atoms with Crippen LogP contribution >= 0.6 is 11.6 Å². The molecule has 0 bridgehead atoms. The number of hydrogen-bond acceptors (Lipinski definition) is 4. The highest BCUT2D eigenvalue weighted by atomic mass is 35.5. The van der Waals surface area contributed by atoms with Crippen molar-refractivity contribution >= 4 is 27.6 Å². The molecule has 176 valence electrons. The van der Waals surface area contributed by atoms with Crippen molar-refractivity contribution in [1.82, 2.24) is 4.72 Å². The Morgan fingerprint density at radius 3 is 2.24 bits per heavy atom. The van der Waals surface area contributed by atoms with Crippen molar-refractivity contribution in [2.45, 2.75) is 44.4 Å². The average Bonchev–Trinajstić information content (AvgIpc) is 2.97.